The quantitative estimate of drug-likeness (QED) is 0.627. The lowest BCUT2D eigenvalue weighted by Gasteiger charge is -2.21. The van der Waals surface area contributed by atoms with Gasteiger partial charge in [0, 0.05) is 12.8 Å². The van der Waals surface area contributed by atoms with Crippen molar-refractivity contribution >= 4 is 17.7 Å². The number of hydrogen-bond donors (Lipinski definition) is 1. The van der Waals surface area contributed by atoms with E-state index in [4.69, 9.17) is 10.5 Å². The number of carbonyl (C=O) groups excluding carboxylic acids is 1. The number of nitrogens with zero attached hydrogens (tertiary/aromatic N) is 2. The van der Waals surface area contributed by atoms with Gasteiger partial charge in [0.15, 0.2) is 0 Å². The molecule has 0 aliphatic rings. The summed E-state index contributed by atoms with van der Waals surface area (Å²) in [6.07, 6.45) is 0.570. The summed E-state index contributed by atoms with van der Waals surface area (Å²) >= 11 is 1.64. The number of aryl methyl sites for hydroxylation is 2. The maximum absolute atomic E-state index is 11.6. The van der Waals surface area contributed by atoms with E-state index in [0.717, 1.165) is 16.5 Å². The van der Waals surface area contributed by atoms with Gasteiger partial charge in [-0.3, -0.25) is 9.48 Å². The van der Waals surface area contributed by atoms with Crippen LogP contribution < -0.4 is 5.73 Å². The van der Waals surface area contributed by atoms with Gasteiger partial charge in [-0.25, -0.2) is 0 Å². The Morgan fingerprint density at radius 3 is 2.83 bits per heavy atom. The third-order valence-electron chi connectivity index (χ3n) is 2.57. The summed E-state index contributed by atoms with van der Waals surface area (Å²) in [6.45, 7) is 5.80. The van der Waals surface area contributed by atoms with E-state index in [2.05, 4.69) is 5.10 Å². The number of rotatable bonds is 6. The monoisotopic (exact) mass is 271 g/mol. The second-order valence-electron chi connectivity index (χ2n) is 4.48. The van der Waals surface area contributed by atoms with Gasteiger partial charge in [-0.05, 0) is 33.3 Å². The van der Waals surface area contributed by atoms with Crippen LogP contribution >= 0.6 is 11.8 Å². The molecule has 0 aliphatic heterocycles. The molecule has 0 saturated carbocycles. The van der Waals surface area contributed by atoms with Crippen molar-refractivity contribution in [2.24, 2.45) is 12.8 Å². The first kappa shape index (κ1) is 15.0. The van der Waals surface area contributed by atoms with Crippen LogP contribution in [-0.4, -0.2) is 33.6 Å². The molecule has 0 fully saturated rings. The van der Waals surface area contributed by atoms with E-state index in [1.165, 1.54) is 0 Å². The Labute approximate surface area is 112 Å². The first-order valence-electron chi connectivity index (χ1n) is 5.96. The smallest absolute Gasteiger partial charge is 0.325 e. The van der Waals surface area contributed by atoms with Gasteiger partial charge < -0.3 is 10.5 Å². The second-order valence-corrected chi connectivity index (χ2v) is 5.60. The Morgan fingerprint density at radius 1 is 1.67 bits per heavy atom. The molecule has 0 aromatic carbocycles. The number of aromatic nitrogens is 2. The number of esters is 1. The molecule has 5 nitrogen and oxygen atoms in total. The first-order valence-corrected chi connectivity index (χ1v) is 6.95. The van der Waals surface area contributed by atoms with Crippen LogP contribution in [0.1, 0.15) is 26.0 Å². The maximum Gasteiger partial charge on any atom is 0.325 e. The van der Waals surface area contributed by atoms with E-state index in [0.29, 0.717) is 13.0 Å². The average Bonchev–Trinajstić information content (AvgIpc) is 2.57. The third kappa shape index (κ3) is 4.03. The number of hydrogen-bond acceptors (Lipinski definition) is 5. The number of thioether (sulfide) groups is 1. The molecule has 0 saturated heterocycles. The van der Waals surface area contributed by atoms with Gasteiger partial charge in [-0.15, -0.1) is 11.8 Å². The Hall–Kier alpha value is -1.01. The van der Waals surface area contributed by atoms with E-state index in [9.17, 15) is 4.79 Å². The van der Waals surface area contributed by atoms with Crippen LogP contribution in [-0.2, 0) is 16.6 Å². The minimum atomic E-state index is -0.920. The van der Waals surface area contributed by atoms with Crippen LogP contribution in [0.5, 0.6) is 0 Å². The minimum absolute atomic E-state index is 0.341. The molecular formula is C12H21N3O2S. The van der Waals surface area contributed by atoms with Gasteiger partial charge in [0.25, 0.3) is 0 Å². The van der Waals surface area contributed by atoms with E-state index in [1.807, 2.05) is 24.7 Å². The summed E-state index contributed by atoms with van der Waals surface area (Å²) in [5.74, 6) is 0.414. The zero-order valence-corrected chi connectivity index (χ0v) is 12.2. The van der Waals surface area contributed by atoms with Crippen LogP contribution in [0, 0.1) is 6.92 Å². The van der Waals surface area contributed by atoms with Gasteiger partial charge >= 0.3 is 5.97 Å². The van der Waals surface area contributed by atoms with Gasteiger partial charge in [0.1, 0.15) is 5.54 Å². The number of ether oxygens (including phenoxy) is 1. The standard InChI is InChI=1S/C12H21N3O2S/c1-5-17-11(16)12(3,13)6-7-18-10-8-9(2)14-15(10)4/h8H,5-7,13H2,1-4H3. The average molecular weight is 271 g/mol. The molecular weight excluding hydrogens is 250 g/mol. The zero-order chi connectivity index (χ0) is 13.8. The van der Waals surface area contributed by atoms with Gasteiger partial charge in [0.05, 0.1) is 17.3 Å². The highest BCUT2D eigenvalue weighted by atomic mass is 32.2. The molecule has 0 aliphatic carbocycles. The normalized spacial score (nSPS) is 14.3. The molecule has 2 N–H and O–H groups in total. The number of nitrogens with two attached hydrogens (primary N) is 1. The number of carbonyl (C=O) groups is 1. The van der Waals surface area contributed by atoms with Crippen molar-refractivity contribution in [1.82, 2.24) is 9.78 Å². The predicted molar refractivity (Wildman–Crippen MR) is 72.5 cm³/mol. The second kappa shape index (κ2) is 6.24. The van der Waals surface area contributed by atoms with Crippen molar-refractivity contribution < 1.29 is 9.53 Å². The SMILES string of the molecule is CCOC(=O)C(C)(N)CCSc1cc(C)nn1C. The van der Waals surface area contributed by atoms with Crippen molar-refractivity contribution in [1.29, 1.82) is 0 Å². The molecule has 18 heavy (non-hydrogen) atoms. The molecule has 6 heteroatoms. The van der Waals surface area contributed by atoms with Crippen LogP contribution in [0.15, 0.2) is 11.1 Å². The van der Waals surface area contributed by atoms with E-state index >= 15 is 0 Å². The molecule has 1 heterocycles. The topological polar surface area (TPSA) is 70.1 Å². The molecule has 0 radical (unpaired) electrons. The Bertz CT molecular complexity index is 415. The van der Waals surface area contributed by atoms with Crippen LogP contribution in [0.2, 0.25) is 0 Å². The molecule has 102 valence electrons. The molecule has 1 aromatic heterocycles. The van der Waals surface area contributed by atoms with Crippen molar-refractivity contribution in [3.05, 3.63) is 11.8 Å². The van der Waals surface area contributed by atoms with Crippen molar-refractivity contribution in [2.75, 3.05) is 12.4 Å². The third-order valence-corrected chi connectivity index (χ3v) is 3.66. The zero-order valence-electron chi connectivity index (χ0n) is 11.4. The molecule has 0 bridgehead atoms. The van der Waals surface area contributed by atoms with Crippen LogP contribution in [0.4, 0.5) is 0 Å². The van der Waals surface area contributed by atoms with Crippen molar-refractivity contribution in [2.45, 2.75) is 37.8 Å². The Kier molecular flexibility index (Phi) is 5.22. The van der Waals surface area contributed by atoms with Crippen LogP contribution in [0.25, 0.3) is 0 Å². The highest BCUT2D eigenvalue weighted by Gasteiger charge is 2.29. The highest BCUT2D eigenvalue weighted by molar-refractivity contribution is 7.99. The van der Waals surface area contributed by atoms with Crippen molar-refractivity contribution in [3.8, 4) is 0 Å². The summed E-state index contributed by atoms with van der Waals surface area (Å²) in [6, 6.07) is 2.02. The summed E-state index contributed by atoms with van der Waals surface area (Å²) in [5.41, 5.74) is 6.01. The van der Waals surface area contributed by atoms with Crippen LogP contribution in [0.3, 0.4) is 0 Å². The largest absolute Gasteiger partial charge is 0.465 e. The van der Waals surface area contributed by atoms with E-state index in [-0.39, 0.29) is 5.97 Å². The van der Waals surface area contributed by atoms with E-state index in [1.54, 1.807) is 25.6 Å². The highest BCUT2D eigenvalue weighted by Crippen LogP contribution is 2.22. The molecule has 1 aromatic rings. The lowest BCUT2D eigenvalue weighted by molar-refractivity contribution is -0.149. The maximum atomic E-state index is 11.6. The predicted octanol–water partition coefficient (Wildman–Crippen LogP) is 1.49. The summed E-state index contributed by atoms with van der Waals surface area (Å²) in [5, 5.41) is 5.34. The molecule has 1 unspecified atom stereocenters. The Balaban J connectivity index is 2.46. The van der Waals surface area contributed by atoms with Gasteiger partial charge in [-0.1, -0.05) is 0 Å². The van der Waals surface area contributed by atoms with Crippen molar-refractivity contribution in [3.63, 3.8) is 0 Å². The molecule has 0 amide bonds. The fraction of sp³-hybridized carbons (Fsp3) is 0.667. The fourth-order valence-electron chi connectivity index (χ4n) is 1.49. The fourth-order valence-corrected chi connectivity index (χ4v) is 2.70. The first-order chi connectivity index (χ1) is 8.36. The van der Waals surface area contributed by atoms with Gasteiger partial charge in [-0.2, -0.15) is 5.10 Å². The summed E-state index contributed by atoms with van der Waals surface area (Å²) < 4.78 is 6.78. The molecule has 1 rings (SSSR count). The summed E-state index contributed by atoms with van der Waals surface area (Å²) in [4.78, 5) is 11.6. The lowest BCUT2D eigenvalue weighted by Crippen LogP contribution is -2.46. The van der Waals surface area contributed by atoms with Gasteiger partial charge in [0.2, 0.25) is 0 Å². The summed E-state index contributed by atoms with van der Waals surface area (Å²) in [7, 11) is 1.91. The Morgan fingerprint density at radius 2 is 2.33 bits per heavy atom. The minimum Gasteiger partial charge on any atom is -0.465 e. The molecule has 1 atom stereocenters. The molecule has 0 spiro atoms. The van der Waals surface area contributed by atoms with E-state index < -0.39 is 5.54 Å². The lowest BCUT2D eigenvalue weighted by atomic mass is 10.0.